The number of carboxylic acid groups (broad SMARTS) is 1. The Balaban J connectivity index is 3.83. The van der Waals surface area contributed by atoms with Crippen LogP contribution in [0.5, 0.6) is 0 Å². The molecule has 0 heterocycles. The predicted molar refractivity (Wildman–Crippen MR) is 69.5 cm³/mol. The van der Waals surface area contributed by atoms with E-state index in [9.17, 15) is 9.59 Å². The van der Waals surface area contributed by atoms with E-state index in [4.69, 9.17) is 5.11 Å². The summed E-state index contributed by atoms with van der Waals surface area (Å²) < 4.78 is 0. The van der Waals surface area contributed by atoms with Crippen molar-refractivity contribution in [2.45, 2.75) is 18.9 Å². The van der Waals surface area contributed by atoms with Gasteiger partial charge in [0.1, 0.15) is 6.04 Å². The lowest BCUT2D eigenvalue weighted by atomic mass is 10.2. The Kier molecular flexibility index (Phi) is 9.65. The molecule has 0 aromatic heterocycles. The summed E-state index contributed by atoms with van der Waals surface area (Å²) >= 11 is 1.56. The molecule has 0 saturated heterocycles. The largest absolute Gasteiger partial charge is 0.480 e. The summed E-state index contributed by atoms with van der Waals surface area (Å²) in [5, 5.41) is 16.9. The zero-order valence-corrected chi connectivity index (χ0v) is 11.1. The molecule has 0 aliphatic carbocycles. The van der Waals surface area contributed by atoms with Gasteiger partial charge in [-0.15, -0.1) is 0 Å². The fraction of sp³-hybridized carbons (Fsp3) is 0.800. The summed E-state index contributed by atoms with van der Waals surface area (Å²) in [6.07, 6.45) is 3.14. The van der Waals surface area contributed by atoms with Crippen molar-refractivity contribution in [3.8, 4) is 0 Å². The molecule has 0 aliphatic rings. The van der Waals surface area contributed by atoms with Crippen molar-refractivity contribution in [3.63, 3.8) is 0 Å². The van der Waals surface area contributed by atoms with E-state index in [2.05, 4.69) is 16.0 Å². The number of rotatable bonds is 9. The van der Waals surface area contributed by atoms with Gasteiger partial charge in [-0.25, -0.2) is 9.59 Å². The van der Waals surface area contributed by atoms with E-state index in [1.54, 1.807) is 11.8 Å². The topological polar surface area (TPSA) is 90.5 Å². The molecule has 0 spiro atoms. The quantitative estimate of drug-likeness (QED) is 0.443. The summed E-state index contributed by atoms with van der Waals surface area (Å²) in [6.45, 7) is 1.34. The van der Waals surface area contributed by atoms with Gasteiger partial charge in [0.05, 0.1) is 0 Å². The monoisotopic (exact) mass is 263 g/mol. The van der Waals surface area contributed by atoms with Crippen LogP contribution in [0.3, 0.4) is 0 Å². The molecule has 0 aromatic rings. The molecule has 0 saturated carbocycles. The van der Waals surface area contributed by atoms with Crippen LogP contribution >= 0.6 is 11.8 Å². The molecule has 1 unspecified atom stereocenters. The zero-order chi connectivity index (χ0) is 13.1. The zero-order valence-electron chi connectivity index (χ0n) is 10.3. The van der Waals surface area contributed by atoms with Crippen molar-refractivity contribution in [1.82, 2.24) is 16.0 Å². The number of aliphatic carboxylic acids is 1. The molecular weight excluding hydrogens is 242 g/mol. The molecule has 0 fully saturated rings. The average Bonchev–Trinajstić information content (AvgIpc) is 2.29. The maximum atomic E-state index is 11.4. The lowest BCUT2D eigenvalue weighted by molar-refractivity contribution is -0.139. The van der Waals surface area contributed by atoms with Gasteiger partial charge < -0.3 is 21.1 Å². The van der Waals surface area contributed by atoms with E-state index >= 15 is 0 Å². The number of carboxylic acids is 1. The minimum Gasteiger partial charge on any atom is -0.480 e. The standard InChI is InChI=1S/C10H21N3O3S/c1-11-5-3-6-12-10(16)13-8(9(14)15)4-7-17-2/h8,11H,3-7H2,1-2H3,(H,14,15)(H2,12,13,16). The third kappa shape index (κ3) is 8.82. The van der Waals surface area contributed by atoms with Crippen molar-refractivity contribution < 1.29 is 14.7 Å². The van der Waals surface area contributed by atoms with Crippen molar-refractivity contribution in [2.24, 2.45) is 0 Å². The van der Waals surface area contributed by atoms with Crippen LogP contribution in [-0.4, -0.2) is 55.3 Å². The van der Waals surface area contributed by atoms with E-state index in [0.29, 0.717) is 18.7 Å². The molecule has 0 radical (unpaired) electrons. The number of hydrogen-bond donors (Lipinski definition) is 4. The van der Waals surface area contributed by atoms with Crippen LogP contribution < -0.4 is 16.0 Å². The molecule has 4 N–H and O–H groups in total. The number of amides is 2. The van der Waals surface area contributed by atoms with Crippen LogP contribution in [0.4, 0.5) is 4.79 Å². The van der Waals surface area contributed by atoms with Crippen LogP contribution in [0.15, 0.2) is 0 Å². The number of thioether (sulfide) groups is 1. The lowest BCUT2D eigenvalue weighted by Crippen LogP contribution is -2.46. The van der Waals surface area contributed by atoms with Crippen molar-refractivity contribution in [2.75, 3.05) is 32.1 Å². The molecule has 0 aromatic carbocycles. The third-order valence-electron chi connectivity index (χ3n) is 2.10. The van der Waals surface area contributed by atoms with E-state index < -0.39 is 18.0 Å². The molecule has 0 rings (SSSR count). The SMILES string of the molecule is CNCCCNC(=O)NC(CCSC)C(=O)O. The molecule has 0 aliphatic heterocycles. The first-order valence-corrected chi connectivity index (χ1v) is 6.92. The molecule has 100 valence electrons. The van der Waals surface area contributed by atoms with Crippen LogP contribution in [0.25, 0.3) is 0 Å². The third-order valence-corrected chi connectivity index (χ3v) is 2.75. The Morgan fingerprint density at radius 3 is 2.59 bits per heavy atom. The fourth-order valence-corrected chi connectivity index (χ4v) is 1.64. The maximum Gasteiger partial charge on any atom is 0.326 e. The molecule has 1 atom stereocenters. The molecule has 0 bridgehead atoms. The van der Waals surface area contributed by atoms with Gasteiger partial charge in [-0.05, 0) is 38.4 Å². The molecule has 2 amide bonds. The number of nitrogens with one attached hydrogen (secondary N) is 3. The van der Waals surface area contributed by atoms with Crippen LogP contribution in [0.2, 0.25) is 0 Å². The van der Waals surface area contributed by atoms with Gasteiger partial charge in [-0.2, -0.15) is 11.8 Å². The van der Waals surface area contributed by atoms with Gasteiger partial charge in [0.25, 0.3) is 0 Å². The predicted octanol–water partition coefficient (Wildman–Crippen LogP) is 0.101. The summed E-state index contributed by atoms with van der Waals surface area (Å²) in [5.74, 6) is -0.291. The fourth-order valence-electron chi connectivity index (χ4n) is 1.17. The summed E-state index contributed by atoms with van der Waals surface area (Å²) in [4.78, 5) is 22.2. The van der Waals surface area contributed by atoms with Gasteiger partial charge >= 0.3 is 12.0 Å². The first kappa shape index (κ1) is 16.1. The van der Waals surface area contributed by atoms with Gasteiger partial charge in [0.2, 0.25) is 0 Å². The molecular formula is C10H21N3O3S. The van der Waals surface area contributed by atoms with Gasteiger partial charge in [-0.1, -0.05) is 0 Å². The van der Waals surface area contributed by atoms with E-state index in [1.165, 1.54) is 0 Å². The number of carbonyl (C=O) groups is 2. The Hall–Kier alpha value is -0.950. The van der Waals surface area contributed by atoms with Gasteiger partial charge in [0.15, 0.2) is 0 Å². The number of hydrogen-bond acceptors (Lipinski definition) is 4. The molecule has 7 heteroatoms. The minimum absolute atomic E-state index is 0.422. The molecule has 6 nitrogen and oxygen atoms in total. The van der Waals surface area contributed by atoms with E-state index in [0.717, 1.165) is 13.0 Å². The Bertz CT molecular complexity index is 239. The second-order valence-corrected chi connectivity index (χ2v) is 4.52. The lowest BCUT2D eigenvalue weighted by Gasteiger charge is -2.14. The summed E-state index contributed by atoms with van der Waals surface area (Å²) in [6, 6.07) is -1.23. The van der Waals surface area contributed by atoms with Crippen molar-refractivity contribution >= 4 is 23.8 Å². The maximum absolute atomic E-state index is 11.4. The summed E-state index contributed by atoms with van der Waals surface area (Å²) in [5.41, 5.74) is 0. The van der Waals surface area contributed by atoms with Crippen LogP contribution in [-0.2, 0) is 4.79 Å². The Morgan fingerprint density at radius 1 is 1.35 bits per heavy atom. The van der Waals surface area contributed by atoms with Crippen LogP contribution in [0.1, 0.15) is 12.8 Å². The smallest absolute Gasteiger partial charge is 0.326 e. The Labute approximate surface area is 106 Å². The number of carbonyl (C=O) groups excluding carboxylic acids is 1. The molecule has 17 heavy (non-hydrogen) atoms. The minimum atomic E-state index is -0.996. The number of urea groups is 1. The average molecular weight is 263 g/mol. The second-order valence-electron chi connectivity index (χ2n) is 3.53. The first-order chi connectivity index (χ1) is 8.11. The Morgan fingerprint density at radius 2 is 2.06 bits per heavy atom. The van der Waals surface area contributed by atoms with E-state index in [-0.39, 0.29) is 0 Å². The first-order valence-electron chi connectivity index (χ1n) is 5.52. The van der Waals surface area contributed by atoms with Gasteiger partial charge in [0, 0.05) is 6.54 Å². The highest BCUT2D eigenvalue weighted by Crippen LogP contribution is 2.00. The highest BCUT2D eigenvalue weighted by molar-refractivity contribution is 7.98. The second kappa shape index (κ2) is 10.2. The summed E-state index contributed by atoms with van der Waals surface area (Å²) in [7, 11) is 1.84. The van der Waals surface area contributed by atoms with Crippen molar-refractivity contribution in [1.29, 1.82) is 0 Å². The van der Waals surface area contributed by atoms with E-state index in [1.807, 2.05) is 13.3 Å². The highest BCUT2D eigenvalue weighted by Gasteiger charge is 2.18. The van der Waals surface area contributed by atoms with Crippen LogP contribution in [0, 0.1) is 0 Å². The van der Waals surface area contributed by atoms with Gasteiger partial charge in [-0.3, -0.25) is 0 Å². The normalized spacial score (nSPS) is 11.9. The highest BCUT2D eigenvalue weighted by atomic mass is 32.2. The van der Waals surface area contributed by atoms with Crippen molar-refractivity contribution in [3.05, 3.63) is 0 Å².